The van der Waals surface area contributed by atoms with Gasteiger partial charge in [-0.3, -0.25) is 4.79 Å². The zero-order valence-electron chi connectivity index (χ0n) is 9.22. The first kappa shape index (κ1) is 10.9. The zero-order chi connectivity index (χ0) is 12.5. The largest absolute Gasteiger partial charge is 0.320 e. The number of amides is 1. The molecule has 0 radical (unpaired) electrons. The van der Waals surface area contributed by atoms with E-state index >= 15 is 0 Å². The van der Waals surface area contributed by atoms with E-state index < -0.39 is 0 Å². The number of halogens is 1. The van der Waals surface area contributed by atoms with Crippen LogP contribution in [0.3, 0.4) is 0 Å². The molecule has 1 aromatic carbocycles. The highest BCUT2D eigenvalue weighted by molar-refractivity contribution is 6.54. The Morgan fingerprint density at radius 2 is 2.11 bits per heavy atom. The van der Waals surface area contributed by atoms with E-state index in [0.29, 0.717) is 22.1 Å². The van der Waals surface area contributed by atoms with Crippen molar-refractivity contribution in [3.63, 3.8) is 0 Å². The summed E-state index contributed by atoms with van der Waals surface area (Å²) in [5.41, 5.74) is 1.77. The van der Waals surface area contributed by atoms with Gasteiger partial charge in [-0.25, -0.2) is 9.98 Å². The van der Waals surface area contributed by atoms with E-state index in [2.05, 4.69) is 15.3 Å². The smallest absolute Gasteiger partial charge is 0.275 e. The molecule has 1 aromatic heterocycles. The predicted octanol–water partition coefficient (Wildman–Crippen LogP) is 2.81. The lowest BCUT2D eigenvalue weighted by atomic mass is 10.1. The SMILES string of the molecule is O=C1Nc2ccc(Cl)cc2/C1=N/c1ccccn1. The molecule has 0 aliphatic carbocycles. The fourth-order valence-electron chi connectivity index (χ4n) is 1.77. The van der Waals surface area contributed by atoms with Crippen LogP contribution >= 0.6 is 11.6 Å². The molecule has 2 heterocycles. The number of nitrogens with zero attached hydrogens (tertiary/aromatic N) is 2. The fraction of sp³-hybridized carbons (Fsp3) is 0. The minimum atomic E-state index is -0.238. The Hall–Kier alpha value is -2.20. The number of hydrogen-bond donors (Lipinski definition) is 1. The summed E-state index contributed by atoms with van der Waals surface area (Å²) >= 11 is 5.93. The predicted molar refractivity (Wildman–Crippen MR) is 70.5 cm³/mol. The molecule has 0 saturated heterocycles. The second-order valence-electron chi connectivity index (χ2n) is 3.79. The van der Waals surface area contributed by atoms with Crippen molar-refractivity contribution in [3.8, 4) is 0 Å². The van der Waals surface area contributed by atoms with Gasteiger partial charge in [0, 0.05) is 16.8 Å². The van der Waals surface area contributed by atoms with Crippen LogP contribution in [0.4, 0.5) is 11.5 Å². The number of hydrogen-bond acceptors (Lipinski definition) is 3. The van der Waals surface area contributed by atoms with E-state index in [0.717, 1.165) is 5.69 Å². The van der Waals surface area contributed by atoms with Gasteiger partial charge in [0.2, 0.25) is 0 Å². The lowest BCUT2D eigenvalue weighted by Crippen LogP contribution is -2.14. The van der Waals surface area contributed by atoms with Gasteiger partial charge < -0.3 is 5.32 Å². The first-order chi connectivity index (χ1) is 8.74. The zero-order valence-corrected chi connectivity index (χ0v) is 9.98. The van der Waals surface area contributed by atoms with Crippen molar-refractivity contribution in [2.45, 2.75) is 0 Å². The van der Waals surface area contributed by atoms with Gasteiger partial charge >= 0.3 is 0 Å². The summed E-state index contributed by atoms with van der Waals surface area (Å²) < 4.78 is 0. The van der Waals surface area contributed by atoms with Gasteiger partial charge in [-0.1, -0.05) is 17.7 Å². The van der Waals surface area contributed by atoms with Gasteiger partial charge in [0.1, 0.15) is 5.71 Å². The minimum Gasteiger partial charge on any atom is -0.320 e. The number of aromatic nitrogens is 1. The average Bonchev–Trinajstić information content (AvgIpc) is 2.67. The van der Waals surface area contributed by atoms with Gasteiger partial charge in [-0.2, -0.15) is 0 Å². The summed E-state index contributed by atoms with van der Waals surface area (Å²) in [5.74, 6) is 0.258. The van der Waals surface area contributed by atoms with Gasteiger partial charge in [0.15, 0.2) is 5.82 Å². The Balaban J connectivity index is 2.12. The van der Waals surface area contributed by atoms with Crippen LogP contribution in [0.15, 0.2) is 47.6 Å². The number of aliphatic imine (C=N–C) groups is 1. The number of rotatable bonds is 1. The Kier molecular flexibility index (Phi) is 2.57. The molecule has 18 heavy (non-hydrogen) atoms. The third-order valence-electron chi connectivity index (χ3n) is 2.58. The quantitative estimate of drug-likeness (QED) is 0.854. The van der Waals surface area contributed by atoms with Crippen molar-refractivity contribution in [2.24, 2.45) is 4.99 Å². The molecule has 0 atom stereocenters. The molecule has 1 aliphatic heterocycles. The summed E-state index contributed by atoms with van der Waals surface area (Å²) in [4.78, 5) is 20.2. The van der Waals surface area contributed by atoms with E-state index in [1.54, 1.807) is 36.5 Å². The van der Waals surface area contributed by atoms with Crippen LogP contribution in [0.2, 0.25) is 5.02 Å². The lowest BCUT2D eigenvalue weighted by Gasteiger charge is -1.98. The molecule has 3 rings (SSSR count). The summed E-state index contributed by atoms with van der Waals surface area (Å²) in [6.07, 6.45) is 1.63. The number of fused-ring (bicyclic) bond motifs is 1. The molecule has 0 spiro atoms. The highest BCUT2D eigenvalue weighted by atomic mass is 35.5. The maximum Gasteiger partial charge on any atom is 0.275 e. The molecule has 4 nitrogen and oxygen atoms in total. The number of nitrogens with one attached hydrogen (secondary N) is 1. The van der Waals surface area contributed by atoms with Crippen molar-refractivity contribution >= 4 is 34.7 Å². The van der Waals surface area contributed by atoms with E-state index in [-0.39, 0.29) is 5.91 Å². The van der Waals surface area contributed by atoms with Crippen LogP contribution in [0, 0.1) is 0 Å². The Morgan fingerprint density at radius 3 is 2.89 bits per heavy atom. The number of benzene rings is 1. The van der Waals surface area contributed by atoms with Gasteiger partial charge in [-0.05, 0) is 30.3 Å². The molecule has 0 saturated carbocycles. The molecule has 1 aliphatic rings. The summed E-state index contributed by atoms with van der Waals surface area (Å²) in [6.45, 7) is 0. The molecule has 5 heteroatoms. The standard InChI is InChI=1S/C13H8ClN3O/c14-8-4-5-10-9(7-8)12(13(18)16-10)17-11-3-1-2-6-15-11/h1-7H,(H,15,16,17,18). The summed E-state index contributed by atoms with van der Waals surface area (Å²) in [5, 5.41) is 3.31. The number of anilines is 1. The van der Waals surface area contributed by atoms with Crippen LogP contribution in [0.5, 0.6) is 0 Å². The average molecular weight is 258 g/mol. The summed E-state index contributed by atoms with van der Waals surface area (Å²) in [7, 11) is 0. The lowest BCUT2D eigenvalue weighted by molar-refractivity contribution is -0.110. The third-order valence-corrected chi connectivity index (χ3v) is 2.81. The molecule has 2 aromatic rings. The maximum atomic E-state index is 11.8. The first-order valence-electron chi connectivity index (χ1n) is 5.35. The number of carbonyl (C=O) groups is 1. The molecular formula is C13H8ClN3O. The normalized spacial score (nSPS) is 15.6. The molecular weight excluding hydrogens is 250 g/mol. The second-order valence-corrected chi connectivity index (χ2v) is 4.23. The monoisotopic (exact) mass is 257 g/mol. The Morgan fingerprint density at radius 1 is 1.22 bits per heavy atom. The van der Waals surface area contributed by atoms with Gasteiger partial charge in [0.25, 0.3) is 5.91 Å². The second kappa shape index (κ2) is 4.23. The van der Waals surface area contributed by atoms with Crippen LogP contribution in [-0.4, -0.2) is 16.6 Å². The highest BCUT2D eigenvalue weighted by Crippen LogP contribution is 2.27. The number of pyridine rings is 1. The Bertz CT molecular complexity index is 653. The van der Waals surface area contributed by atoms with E-state index in [4.69, 9.17) is 11.6 Å². The Labute approximate surface area is 108 Å². The molecule has 1 amide bonds. The topological polar surface area (TPSA) is 54.4 Å². The van der Waals surface area contributed by atoms with Crippen LogP contribution in [-0.2, 0) is 4.79 Å². The number of carbonyl (C=O) groups excluding carboxylic acids is 1. The molecule has 0 bridgehead atoms. The van der Waals surface area contributed by atoms with Crippen LogP contribution in [0.25, 0.3) is 0 Å². The molecule has 0 fully saturated rings. The molecule has 0 unspecified atom stereocenters. The van der Waals surface area contributed by atoms with E-state index in [9.17, 15) is 4.79 Å². The third kappa shape index (κ3) is 1.87. The van der Waals surface area contributed by atoms with E-state index in [1.165, 1.54) is 0 Å². The van der Waals surface area contributed by atoms with Crippen molar-refractivity contribution in [3.05, 3.63) is 53.2 Å². The maximum absolute atomic E-state index is 11.8. The fourth-order valence-corrected chi connectivity index (χ4v) is 1.94. The van der Waals surface area contributed by atoms with Crippen molar-refractivity contribution < 1.29 is 4.79 Å². The van der Waals surface area contributed by atoms with Crippen molar-refractivity contribution in [2.75, 3.05) is 5.32 Å². The van der Waals surface area contributed by atoms with E-state index in [1.807, 2.05) is 6.07 Å². The molecule has 88 valence electrons. The van der Waals surface area contributed by atoms with Crippen molar-refractivity contribution in [1.29, 1.82) is 0 Å². The van der Waals surface area contributed by atoms with Crippen molar-refractivity contribution in [1.82, 2.24) is 4.98 Å². The van der Waals surface area contributed by atoms with Gasteiger partial charge in [0.05, 0.1) is 5.69 Å². The van der Waals surface area contributed by atoms with Crippen LogP contribution in [0.1, 0.15) is 5.56 Å². The molecule has 1 N–H and O–H groups in total. The minimum absolute atomic E-state index is 0.238. The van der Waals surface area contributed by atoms with Crippen LogP contribution < -0.4 is 5.32 Å². The van der Waals surface area contributed by atoms with Gasteiger partial charge in [-0.15, -0.1) is 0 Å². The first-order valence-corrected chi connectivity index (χ1v) is 5.73. The highest BCUT2D eigenvalue weighted by Gasteiger charge is 2.26. The summed E-state index contributed by atoms with van der Waals surface area (Å²) in [6, 6.07) is 10.6.